The van der Waals surface area contributed by atoms with E-state index in [4.69, 9.17) is 11.6 Å². The molecule has 0 fully saturated rings. The van der Waals surface area contributed by atoms with Gasteiger partial charge in [0.1, 0.15) is 6.04 Å². The minimum atomic E-state index is -3.95. The highest BCUT2D eigenvalue weighted by molar-refractivity contribution is 7.89. The van der Waals surface area contributed by atoms with Crippen LogP contribution in [0.4, 0.5) is 5.69 Å². The van der Waals surface area contributed by atoms with Gasteiger partial charge < -0.3 is 5.32 Å². The Hall–Kier alpha value is -3.26. The number of hydrogen-bond donors (Lipinski definition) is 2. The lowest BCUT2D eigenvalue weighted by Gasteiger charge is -2.19. The van der Waals surface area contributed by atoms with Crippen molar-refractivity contribution in [2.24, 2.45) is 0 Å². The predicted octanol–water partition coefficient (Wildman–Crippen LogP) is 4.42. The van der Waals surface area contributed by atoms with Gasteiger partial charge >= 0.3 is 0 Å². The molecule has 2 N–H and O–H groups in total. The van der Waals surface area contributed by atoms with E-state index in [0.717, 1.165) is 16.5 Å². The molecular weight excluding hydrogens is 446 g/mol. The first-order valence-corrected chi connectivity index (χ1v) is 11.7. The summed E-state index contributed by atoms with van der Waals surface area (Å²) in [6.45, 7) is 0. The first kappa shape index (κ1) is 22.0. The van der Waals surface area contributed by atoms with Crippen molar-refractivity contribution >= 4 is 44.1 Å². The van der Waals surface area contributed by atoms with Crippen LogP contribution in [0.5, 0.6) is 0 Å². The SMILES string of the molecule is O=C(Nc1ccc2ncccc2c1)C(Cc1ccccc1)NS(=O)(=O)c1ccc(Cl)cc1. The van der Waals surface area contributed by atoms with Gasteiger partial charge in [0, 0.05) is 22.3 Å². The maximum atomic E-state index is 13.1. The molecular formula is C24H20ClN3O3S. The number of hydrogen-bond acceptors (Lipinski definition) is 4. The summed E-state index contributed by atoms with van der Waals surface area (Å²) in [5.74, 6) is -0.463. The molecule has 0 saturated heterocycles. The average Bonchev–Trinajstić information content (AvgIpc) is 2.79. The first-order valence-electron chi connectivity index (χ1n) is 9.88. The number of aromatic nitrogens is 1. The van der Waals surface area contributed by atoms with Gasteiger partial charge in [0.2, 0.25) is 15.9 Å². The third-order valence-electron chi connectivity index (χ3n) is 4.89. The lowest BCUT2D eigenvalue weighted by atomic mass is 10.1. The average molecular weight is 466 g/mol. The second kappa shape index (κ2) is 9.48. The smallest absolute Gasteiger partial charge is 0.242 e. The molecule has 0 bridgehead atoms. The van der Waals surface area contributed by atoms with Crippen LogP contribution >= 0.6 is 11.6 Å². The predicted molar refractivity (Wildman–Crippen MR) is 126 cm³/mol. The Bertz CT molecular complexity index is 1340. The Labute approximate surface area is 191 Å². The fourth-order valence-electron chi connectivity index (χ4n) is 3.29. The summed E-state index contributed by atoms with van der Waals surface area (Å²) in [6, 6.07) is 23.0. The van der Waals surface area contributed by atoms with Crippen molar-refractivity contribution in [2.75, 3.05) is 5.32 Å². The van der Waals surface area contributed by atoms with Gasteiger partial charge in [-0.25, -0.2) is 8.42 Å². The summed E-state index contributed by atoms with van der Waals surface area (Å²) in [5.41, 5.74) is 2.18. The fourth-order valence-corrected chi connectivity index (χ4v) is 4.61. The summed E-state index contributed by atoms with van der Waals surface area (Å²) in [5, 5.41) is 4.11. The maximum Gasteiger partial charge on any atom is 0.242 e. The zero-order valence-corrected chi connectivity index (χ0v) is 18.5. The van der Waals surface area contributed by atoms with Gasteiger partial charge in [-0.05, 0) is 60.5 Å². The standard InChI is InChI=1S/C24H20ClN3O3S/c25-19-8-11-21(12-9-19)32(30,31)28-23(15-17-5-2-1-3-6-17)24(29)27-20-10-13-22-18(16-20)7-4-14-26-22/h1-14,16,23,28H,15H2,(H,27,29). The number of carbonyl (C=O) groups is 1. The molecule has 1 unspecified atom stereocenters. The van der Waals surface area contributed by atoms with Crippen LogP contribution in [-0.4, -0.2) is 25.4 Å². The van der Waals surface area contributed by atoms with Crippen molar-refractivity contribution in [1.29, 1.82) is 0 Å². The van der Waals surface area contributed by atoms with Gasteiger partial charge in [0.25, 0.3) is 0 Å². The molecule has 8 heteroatoms. The van der Waals surface area contributed by atoms with E-state index >= 15 is 0 Å². The van der Waals surface area contributed by atoms with Crippen LogP contribution in [0.3, 0.4) is 0 Å². The number of rotatable bonds is 7. The molecule has 3 aromatic carbocycles. The summed E-state index contributed by atoms with van der Waals surface area (Å²) in [7, 11) is -3.95. The topological polar surface area (TPSA) is 88.2 Å². The number of sulfonamides is 1. The molecule has 4 aromatic rings. The molecule has 0 saturated carbocycles. The zero-order valence-electron chi connectivity index (χ0n) is 16.9. The molecule has 32 heavy (non-hydrogen) atoms. The number of halogens is 1. The number of pyridine rings is 1. The molecule has 1 heterocycles. The summed E-state index contributed by atoms with van der Waals surface area (Å²) >= 11 is 5.87. The Balaban J connectivity index is 1.60. The van der Waals surface area contributed by atoms with Crippen LogP contribution in [-0.2, 0) is 21.2 Å². The van der Waals surface area contributed by atoms with E-state index in [1.807, 2.05) is 42.5 Å². The van der Waals surface area contributed by atoms with E-state index in [0.29, 0.717) is 10.7 Å². The first-order chi connectivity index (χ1) is 15.4. The molecule has 0 radical (unpaired) electrons. The quantitative estimate of drug-likeness (QED) is 0.423. The number of carbonyl (C=O) groups excluding carboxylic acids is 1. The number of amides is 1. The number of fused-ring (bicyclic) bond motifs is 1. The van der Waals surface area contributed by atoms with E-state index in [2.05, 4.69) is 15.0 Å². The Morgan fingerprint density at radius 3 is 2.44 bits per heavy atom. The van der Waals surface area contributed by atoms with Crippen molar-refractivity contribution in [3.8, 4) is 0 Å². The normalized spacial score (nSPS) is 12.4. The van der Waals surface area contributed by atoms with Crippen molar-refractivity contribution in [3.05, 3.63) is 102 Å². The summed E-state index contributed by atoms with van der Waals surface area (Å²) < 4.78 is 28.4. The second-order valence-corrected chi connectivity index (χ2v) is 9.37. The van der Waals surface area contributed by atoms with Crippen LogP contribution in [0.25, 0.3) is 10.9 Å². The third-order valence-corrected chi connectivity index (χ3v) is 6.63. The summed E-state index contributed by atoms with van der Waals surface area (Å²) in [4.78, 5) is 17.4. The van der Waals surface area contributed by atoms with E-state index in [9.17, 15) is 13.2 Å². The molecule has 1 atom stereocenters. The Kier molecular flexibility index (Phi) is 6.50. The highest BCUT2D eigenvalue weighted by Gasteiger charge is 2.26. The molecule has 0 spiro atoms. The van der Waals surface area contributed by atoms with Crippen LogP contribution < -0.4 is 10.0 Å². The Morgan fingerprint density at radius 1 is 0.938 bits per heavy atom. The van der Waals surface area contributed by atoms with E-state index in [1.165, 1.54) is 24.3 Å². The van der Waals surface area contributed by atoms with Crippen molar-refractivity contribution in [3.63, 3.8) is 0 Å². The zero-order chi connectivity index (χ0) is 22.6. The van der Waals surface area contributed by atoms with Gasteiger partial charge in [0.05, 0.1) is 10.4 Å². The third kappa shape index (κ3) is 5.31. The van der Waals surface area contributed by atoms with Gasteiger partial charge in [-0.1, -0.05) is 48.0 Å². The van der Waals surface area contributed by atoms with Gasteiger partial charge in [0.15, 0.2) is 0 Å². The minimum Gasteiger partial charge on any atom is -0.325 e. The van der Waals surface area contributed by atoms with E-state index in [1.54, 1.807) is 24.4 Å². The molecule has 1 aromatic heterocycles. The van der Waals surface area contributed by atoms with Crippen molar-refractivity contribution < 1.29 is 13.2 Å². The summed E-state index contributed by atoms with van der Waals surface area (Å²) in [6.07, 6.45) is 1.89. The monoisotopic (exact) mass is 465 g/mol. The minimum absolute atomic E-state index is 0.0320. The molecule has 0 aliphatic heterocycles. The van der Waals surface area contributed by atoms with Gasteiger partial charge in [-0.3, -0.25) is 9.78 Å². The van der Waals surface area contributed by atoms with Crippen LogP contribution in [0.2, 0.25) is 5.02 Å². The number of nitrogens with zero attached hydrogens (tertiary/aromatic N) is 1. The van der Waals surface area contributed by atoms with E-state index in [-0.39, 0.29) is 11.3 Å². The van der Waals surface area contributed by atoms with Crippen molar-refractivity contribution in [2.45, 2.75) is 17.4 Å². The van der Waals surface area contributed by atoms with Crippen LogP contribution in [0.15, 0.2) is 96.0 Å². The highest BCUT2D eigenvalue weighted by atomic mass is 35.5. The van der Waals surface area contributed by atoms with E-state index < -0.39 is 22.0 Å². The Morgan fingerprint density at radius 2 is 1.69 bits per heavy atom. The van der Waals surface area contributed by atoms with Crippen LogP contribution in [0.1, 0.15) is 5.56 Å². The van der Waals surface area contributed by atoms with Gasteiger partial charge in [-0.2, -0.15) is 4.72 Å². The fraction of sp³-hybridized carbons (Fsp3) is 0.0833. The number of nitrogens with one attached hydrogen (secondary N) is 2. The number of benzene rings is 3. The van der Waals surface area contributed by atoms with Gasteiger partial charge in [-0.15, -0.1) is 0 Å². The second-order valence-electron chi connectivity index (χ2n) is 7.22. The lowest BCUT2D eigenvalue weighted by Crippen LogP contribution is -2.45. The van der Waals surface area contributed by atoms with Crippen molar-refractivity contribution in [1.82, 2.24) is 9.71 Å². The molecule has 0 aliphatic rings. The number of anilines is 1. The highest BCUT2D eigenvalue weighted by Crippen LogP contribution is 2.19. The largest absolute Gasteiger partial charge is 0.325 e. The molecule has 6 nitrogen and oxygen atoms in total. The molecule has 162 valence electrons. The molecule has 0 aliphatic carbocycles. The maximum absolute atomic E-state index is 13.1. The molecule has 4 rings (SSSR count). The van der Waals surface area contributed by atoms with Crippen LogP contribution in [0, 0.1) is 0 Å². The molecule has 1 amide bonds. The lowest BCUT2D eigenvalue weighted by molar-refractivity contribution is -0.117.